The summed E-state index contributed by atoms with van der Waals surface area (Å²) in [5, 5.41) is 7.73. The number of hydrogen-bond donors (Lipinski definition) is 2. The summed E-state index contributed by atoms with van der Waals surface area (Å²) in [4.78, 5) is 10.1. The molecule has 2 aromatic rings. The van der Waals surface area contributed by atoms with Crippen molar-refractivity contribution in [2.45, 2.75) is 53.8 Å². The van der Waals surface area contributed by atoms with Crippen LogP contribution in [0.1, 0.15) is 40.6 Å². The number of aliphatic imine (C=N–C) groups is 1. The van der Waals surface area contributed by atoms with Crippen molar-refractivity contribution in [3.63, 3.8) is 0 Å². The summed E-state index contributed by atoms with van der Waals surface area (Å²) in [5.74, 6) is 1.67. The lowest BCUT2D eigenvalue weighted by Crippen LogP contribution is -2.36. The van der Waals surface area contributed by atoms with Gasteiger partial charge in [0.1, 0.15) is 10.8 Å². The fraction of sp³-hybridized carbons (Fsp3) is 0.474. The summed E-state index contributed by atoms with van der Waals surface area (Å²) in [6.45, 7) is 11.6. The molecule has 0 fully saturated rings. The maximum Gasteiger partial charge on any atom is 0.191 e. The number of ether oxygens (including phenoxy) is 1. The van der Waals surface area contributed by atoms with E-state index in [9.17, 15) is 0 Å². The highest BCUT2D eigenvalue weighted by Gasteiger charge is 2.08. The molecule has 25 heavy (non-hydrogen) atoms. The number of benzene rings is 1. The van der Waals surface area contributed by atoms with Gasteiger partial charge in [0.2, 0.25) is 0 Å². The van der Waals surface area contributed by atoms with E-state index in [1.54, 1.807) is 18.4 Å². The lowest BCUT2D eigenvalue weighted by atomic mass is 10.1. The first-order chi connectivity index (χ1) is 11.9. The Kier molecular flexibility index (Phi) is 6.82. The quantitative estimate of drug-likeness (QED) is 0.609. The molecule has 2 rings (SSSR count). The Hall–Kier alpha value is -2.08. The van der Waals surface area contributed by atoms with Crippen LogP contribution in [-0.4, -0.2) is 24.1 Å². The molecule has 0 unspecified atom stereocenters. The lowest BCUT2D eigenvalue weighted by Gasteiger charge is -2.17. The van der Waals surface area contributed by atoms with Gasteiger partial charge in [0, 0.05) is 24.0 Å². The van der Waals surface area contributed by atoms with Crippen LogP contribution in [0.25, 0.3) is 0 Å². The van der Waals surface area contributed by atoms with Gasteiger partial charge in [0.05, 0.1) is 18.3 Å². The van der Waals surface area contributed by atoms with E-state index >= 15 is 0 Å². The highest BCUT2D eigenvalue weighted by Crippen LogP contribution is 2.21. The van der Waals surface area contributed by atoms with Gasteiger partial charge in [-0.05, 0) is 46.2 Å². The Morgan fingerprint density at radius 3 is 2.52 bits per heavy atom. The van der Waals surface area contributed by atoms with Crippen LogP contribution >= 0.6 is 11.3 Å². The molecule has 0 amide bonds. The second-order valence-corrected chi connectivity index (χ2v) is 7.59. The van der Waals surface area contributed by atoms with Crippen LogP contribution in [-0.2, 0) is 13.1 Å². The van der Waals surface area contributed by atoms with Crippen molar-refractivity contribution < 1.29 is 4.74 Å². The first-order valence-corrected chi connectivity index (χ1v) is 9.34. The second-order valence-electron chi connectivity index (χ2n) is 6.31. The predicted octanol–water partition coefficient (Wildman–Crippen LogP) is 3.72. The topological polar surface area (TPSA) is 58.5 Å². The molecule has 0 aliphatic heterocycles. The smallest absolute Gasteiger partial charge is 0.191 e. The standard InChI is InChI=1S/C19H28N4OS/c1-12(2)24-17-9-13(3)7-8-16(17)10-21-19(20-6)22-11-18-23-14(4)15(5)25-18/h7-9,12H,10-11H2,1-6H3,(H2,20,21,22). The largest absolute Gasteiger partial charge is 0.491 e. The zero-order chi connectivity index (χ0) is 18.4. The van der Waals surface area contributed by atoms with Crippen molar-refractivity contribution >= 4 is 17.3 Å². The molecule has 5 nitrogen and oxygen atoms in total. The molecule has 6 heteroatoms. The minimum Gasteiger partial charge on any atom is -0.491 e. The highest BCUT2D eigenvalue weighted by atomic mass is 32.1. The molecule has 0 spiro atoms. The third-order valence-corrected chi connectivity index (χ3v) is 4.81. The number of aromatic nitrogens is 1. The summed E-state index contributed by atoms with van der Waals surface area (Å²) in [7, 11) is 1.77. The van der Waals surface area contributed by atoms with Gasteiger partial charge in [-0.25, -0.2) is 4.98 Å². The van der Waals surface area contributed by atoms with Gasteiger partial charge in [-0.2, -0.15) is 0 Å². The number of guanidine groups is 1. The van der Waals surface area contributed by atoms with Gasteiger partial charge in [-0.3, -0.25) is 4.99 Å². The molecule has 0 atom stereocenters. The molecule has 0 saturated heterocycles. The van der Waals surface area contributed by atoms with Crippen LogP contribution in [0.2, 0.25) is 0 Å². The SMILES string of the molecule is CN=C(NCc1nc(C)c(C)s1)NCc1ccc(C)cc1OC(C)C. The van der Waals surface area contributed by atoms with E-state index in [1.807, 2.05) is 20.8 Å². The van der Waals surface area contributed by atoms with Crippen molar-refractivity contribution in [3.8, 4) is 5.75 Å². The lowest BCUT2D eigenvalue weighted by molar-refractivity contribution is 0.239. The Morgan fingerprint density at radius 1 is 1.20 bits per heavy atom. The van der Waals surface area contributed by atoms with E-state index in [2.05, 4.69) is 52.7 Å². The number of rotatable bonds is 6. The zero-order valence-electron chi connectivity index (χ0n) is 15.9. The van der Waals surface area contributed by atoms with E-state index < -0.39 is 0 Å². The fourth-order valence-corrected chi connectivity index (χ4v) is 3.22. The first kappa shape index (κ1) is 19.2. The minimum atomic E-state index is 0.148. The molecule has 0 aliphatic rings. The number of hydrogen-bond acceptors (Lipinski definition) is 4. The van der Waals surface area contributed by atoms with Crippen molar-refractivity contribution in [3.05, 3.63) is 44.9 Å². The Bertz CT molecular complexity index is 718. The van der Waals surface area contributed by atoms with Crippen LogP contribution in [0.5, 0.6) is 5.75 Å². The number of thiazole rings is 1. The van der Waals surface area contributed by atoms with Crippen LogP contribution in [0, 0.1) is 20.8 Å². The molecule has 1 aromatic carbocycles. The van der Waals surface area contributed by atoms with Gasteiger partial charge in [0.15, 0.2) is 5.96 Å². The van der Waals surface area contributed by atoms with Crippen LogP contribution < -0.4 is 15.4 Å². The molecule has 1 aromatic heterocycles. The number of nitrogens with zero attached hydrogens (tertiary/aromatic N) is 2. The monoisotopic (exact) mass is 360 g/mol. The van der Waals surface area contributed by atoms with Gasteiger partial charge in [-0.15, -0.1) is 11.3 Å². The van der Waals surface area contributed by atoms with E-state index in [-0.39, 0.29) is 6.10 Å². The molecular formula is C19H28N4OS. The highest BCUT2D eigenvalue weighted by molar-refractivity contribution is 7.11. The predicted molar refractivity (Wildman–Crippen MR) is 106 cm³/mol. The Morgan fingerprint density at radius 2 is 1.92 bits per heavy atom. The van der Waals surface area contributed by atoms with E-state index in [0.29, 0.717) is 13.1 Å². The van der Waals surface area contributed by atoms with Crippen molar-refractivity contribution in [1.82, 2.24) is 15.6 Å². The van der Waals surface area contributed by atoms with Crippen molar-refractivity contribution in [1.29, 1.82) is 0 Å². The van der Waals surface area contributed by atoms with Gasteiger partial charge >= 0.3 is 0 Å². The molecule has 0 aliphatic carbocycles. The normalized spacial score (nSPS) is 11.7. The summed E-state index contributed by atoms with van der Waals surface area (Å²) >= 11 is 1.72. The van der Waals surface area contributed by atoms with Gasteiger partial charge < -0.3 is 15.4 Å². The van der Waals surface area contributed by atoms with Crippen molar-refractivity contribution in [2.75, 3.05) is 7.05 Å². The molecule has 2 N–H and O–H groups in total. The third-order valence-electron chi connectivity index (χ3n) is 3.74. The third kappa shape index (κ3) is 5.74. The molecule has 0 radical (unpaired) electrons. The van der Waals surface area contributed by atoms with Crippen molar-refractivity contribution in [2.24, 2.45) is 4.99 Å². The zero-order valence-corrected chi connectivity index (χ0v) is 16.8. The molecular weight excluding hydrogens is 332 g/mol. The second kappa shape index (κ2) is 8.85. The van der Waals surface area contributed by atoms with E-state index in [0.717, 1.165) is 28.0 Å². The Balaban J connectivity index is 1.96. The maximum absolute atomic E-state index is 5.93. The van der Waals surface area contributed by atoms with Crippen LogP contribution in [0.4, 0.5) is 0 Å². The van der Waals surface area contributed by atoms with E-state index in [4.69, 9.17) is 4.74 Å². The molecule has 136 valence electrons. The van der Waals surface area contributed by atoms with E-state index in [1.165, 1.54) is 10.4 Å². The molecule has 1 heterocycles. The van der Waals surface area contributed by atoms with Gasteiger partial charge in [-0.1, -0.05) is 12.1 Å². The summed E-state index contributed by atoms with van der Waals surface area (Å²) in [6, 6.07) is 6.27. The number of nitrogens with one attached hydrogen (secondary N) is 2. The molecule has 0 saturated carbocycles. The maximum atomic E-state index is 5.93. The fourth-order valence-electron chi connectivity index (χ4n) is 2.35. The number of aryl methyl sites for hydroxylation is 3. The molecule has 0 bridgehead atoms. The van der Waals surface area contributed by atoms with Crippen LogP contribution in [0.15, 0.2) is 23.2 Å². The average molecular weight is 361 g/mol. The first-order valence-electron chi connectivity index (χ1n) is 8.52. The van der Waals surface area contributed by atoms with Crippen LogP contribution in [0.3, 0.4) is 0 Å². The van der Waals surface area contributed by atoms with Gasteiger partial charge in [0.25, 0.3) is 0 Å². The summed E-state index contributed by atoms with van der Waals surface area (Å²) in [6.07, 6.45) is 0.148. The summed E-state index contributed by atoms with van der Waals surface area (Å²) < 4.78 is 5.93. The Labute approximate surface area is 154 Å². The summed E-state index contributed by atoms with van der Waals surface area (Å²) in [5.41, 5.74) is 3.40. The average Bonchev–Trinajstić information content (AvgIpc) is 2.87. The minimum absolute atomic E-state index is 0.148.